The summed E-state index contributed by atoms with van der Waals surface area (Å²) in [5.41, 5.74) is 3.48. The van der Waals surface area contributed by atoms with Crippen molar-refractivity contribution >= 4 is 17.6 Å². The van der Waals surface area contributed by atoms with E-state index in [1.807, 2.05) is 31.2 Å². The second-order valence-corrected chi connectivity index (χ2v) is 7.98. The highest BCUT2D eigenvalue weighted by Crippen LogP contribution is 2.23. The first-order valence-electron chi connectivity index (χ1n) is 11.4. The maximum Gasteiger partial charge on any atom is 0.242 e. The number of benzene rings is 2. The Hall–Kier alpha value is -3.22. The van der Waals surface area contributed by atoms with Crippen LogP contribution >= 0.6 is 0 Å². The lowest BCUT2D eigenvalue weighted by Crippen LogP contribution is -2.39. The van der Waals surface area contributed by atoms with E-state index in [0.29, 0.717) is 12.5 Å². The maximum absolute atomic E-state index is 12.3. The van der Waals surface area contributed by atoms with E-state index >= 15 is 0 Å². The second kappa shape index (κ2) is 12.0. The van der Waals surface area contributed by atoms with Crippen LogP contribution in [0.3, 0.4) is 0 Å². The highest BCUT2D eigenvalue weighted by molar-refractivity contribution is 5.85. The van der Waals surface area contributed by atoms with Gasteiger partial charge in [0.2, 0.25) is 5.91 Å². The molecule has 1 aliphatic heterocycles. The average Bonchev–Trinajstić information content (AvgIpc) is 3.37. The number of hydrogen-bond donors (Lipinski definition) is 3. The molecule has 3 N–H and O–H groups in total. The van der Waals surface area contributed by atoms with Crippen molar-refractivity contribution in [1.82, 2.24) is 16.0 Å². The number of methoxy groups -OCH3 is 1. The average molecular weight is 438 g/mol. The molecule has 1 saturated heterocycles. The number of hydrogen-bond acceptors (Lipinski definition) is 4. The van der Waals surface area contributed by atoms with Crippen molar-refractivity contribution in [3.05, 3.63) is 59.7 Å². The van der Waals surface area contributed by atoms with Crippen LogP contribution in [-0.4, -0.2) is 45.2 Å². The van der Waals surface area contributed by atoms with E-state index in [1.165, 1.54) is 24.1 Å². The zero-order valence-corrected chi connectivity index (χ0v) is 19.4. The summed E-state index contributed by atoms with van der Waals surface area (Å²) in [7, 11) is 1.63. The van der Waals surface area contributed by atoms with Gasteiger partial charge in [-0.15, -0.1) is 0 Å². The van der Waals surface area contributed by atoms with Gasteiger partial charge in [-0.05, 0) is 62.1 Å². The molecule has 0 saturated carbocycles. The number of carbonyl (C=O) groups excluding carboxylic acids is 1. The molecule has 3 rings (SSSR count). The highest BCUT2D eigenvalue weighted by Gasteiger charge is 2.14. The van der Waals surface area contributed by atoms with Crippen LogP contribution in [0.2, 0.25) is 0 Å². The van der Waals surface area contributed by atoms with E-state index < -0.39 is 0 Å². The van der Waals surface area contributed by atoms with Gasteiger partial charge in [0.05, 0.1) is 13.2 Å². The highest BCUT2D eigenvalue weighted by atomic mass is 16.5. The summed E-state index contributed by atoms with van der Waals surface area (Å²) in [4.78, 5) is 19.2. The number of anilines is 1. The van der Waals surface area contributed by atoms with Gasteiger partial charge in [0.25, 0.3) is 0 Å². The molecule has 0 aliphatic carbocycles. The molecule has 32 heavy (non-hydrogen) atoms. The molecule has 1 amide bonds. The minimum absolute atomic E-state index is 0.0615. The van der Waals surface area contributed by atoms with Crippen LogP contribution in [0.25, 0.3) is 0 Å². The summed E-state index contributed by atoms with van der Waals surface area (Å²) >= 11 is 0. The van der Waals surface area contributed by atoms with Gasteiger partial charge in [0.15, 0.2) is 5.96 Å². The number of nitrogens with zero attached hydrogens (tertiary/aromatic N) is 2. The molecule has 1 heterocycles. The lowest BCUT2D eigenvalue weighted by atomic mass is 10.1. The summed E-state index contributed by atoms with van der Waals surface area (Å²) in [5, 5.41) is 9.56. The third-order valence-corrected chi connectivity index (χ3v) is 5.57. The predicted molar refractivity (Wildman–Crippen MR) is 130 cm³/mol. The molecular formula is C25H35N5O2. The predicted octanol–water partition coefficient (Wildman–Crippen LogP) is 3.23. The Kier molecular flexibility index (Phi) is 8.78. The standard InChI is InChI=1S/C25H35N5O2/c1-4-26-25(28-18-24(31)27-17-20-10-12-23(32-3)13-11-20)29-19(2)21-8-7-9-22(16-21)30-14-5-6-15-30/h7-13,16,19H,4-6,14-15,17-18H2,1-3H3,(H,27,31)(H2,26,28,29). The lowest BCUT2D eigenvalue weighted by Gasteiger charge is -2.22. The first-order chi connectivity index (χ1) is 15.6. The summed E-state index contributed by atoms with van der Waals surface area (Å²) in [6.45, 7) is 7.62. The zero-order valence-electron chi connectivity index (χ0n) is 19.4. The van der Waals surface area contributed by atoms with Crippen LogP contribution in [0.5, 0.6) is 5.75 Å². The van der Waals surface area contributed by atoms with Crippen LogP contribution in [-0.2, 0) is 11.3 Å². The van der Waals surface area contributed by atoms with Crippen LogP contribution in [0, 0.1) is 0 Å². The zero-order chi connectivity index (χ0) is 22.8. The van der Waals surface area contributed by atoms with Gasteiger partial charge in [0.1, 0.15) is 12.3 Å². The molecule has 0 radical (unpaired) electrons. The fraction of sp³-hybridized carbons (Fsp3) is 0.440. The molecule has 7 nitrogen and oxygen atoms in total. The maximum atomic E-state index is 12.3. The summed E-state index contributed by atoms with van der Waals surface area (Å²) in [5.74, 6) is 1.30. The molecular weight excluding hydrogens is 402 g/mol. The largest absolute Gasteiger partial charge is 0.497 e. The number of aliphatic imine (C=N–C) groups is 1. The summed E-state index contributed by atoms with van der Waals surface area (Å²) < 4.78 is 5.16. The number of guanidine groups is 1. The molecule has 0 spiro atoms. The molecule has 1 fully saturated rings. The molecule has 1 aliphatic rings. The quantitative estimate of drug-likeness (QED) is 0.415. The first kappa shape index (κ1) is 23.4. The summed E-state index contributed by atoms with van der Waals surface area (Å²) in [6, 6.07) is 16.4. The van der Waals surface area contributed by atoms with E-state index in [1.54, 1.807) is 7.11 Å². The molecule has 2 aromatic rings. The van der Waals surface area contributed by atoms with Crippen LogP contribution in [0.15, 0.2) is 53.5 Å². The monoisotopic (exact) mass is 437 g/mol. The van der Waals surface area contributed by atoms with Crippen molar-refractivity contribution in [2.24, 2.45) is 4.99 Å². The molecule has 172 valence electrons. The van der Waals surface area contributed by atoms with Crippen LogP contribution in [0.1, 0.15) is 43.9 Å². The lowest BCUT2D eigenvalue weighted by molar-refractivity contribution is -0.119. The van der Waals surface area contributed by atoms with Gasteiger partial charge in [0, 0.05) is 31.9 Å². The number of rotatable bonds is 9. The first-order valence-corrected chi connectivity index (χ1v) is 11.4. The van der Waals surface area contributed by atoms with Crippen molar-refractivity contribution in [2.75, 3.05) is 38.2 Å². The van der Waals surface area contributed by atoms with Gasteiger partial charge < -0.3 is 25.6 Å². The number of nitrogens with one attached hydrogen (secondary N) is 3. The molecule has 1 atom stereocenters. The van der Waals surface area contributed by atoms with E-state index in [9.17, 15) is 4.79 Å². The van der Waals surface area contributed by atoms with Crippen LogP contribution in [0.4, 0.5) is 5.69 Å². The molecule has 2 aromatic carbocycles. The van der Waals surface area contributed by atoms with Gasteiger partial charge in [-0.1, -0.05) is 24.3 Å². The molecule has 0 bridgehead atoms. The van der Waals surface area contributed by atoms with Gasteiger partial charge in [-0.25, -0.2) is 4.99 Å². The molecule has 1 unspecified atom stereocenters. The Morgan fingerprint density at radius 3 is 2.56 bits per heavy atom. The second-order valence-electron chi connectivity index (χ2n) is 7.98. The van der Waals surface area contributed by atoms with E-state index in [4.69, 9.17) is 4.74 Å². The third-order valence-electron chi connectivity index (χ3n) is 5.57. The van der Waals surface area contributed by atoms with Gasteiger partial charge in [-0.3, -0.25) is 4.79 Å². The van der Waals surface area contributed by atoms with E-state index in [2.05, 4.69) is 57.0 Å². The molecule has 7 heteroatoms. The Labute approximate surface area is 191 Å². The Morgan fingerprint density at radius 1 is 1.12 bits per heavy atom. The normalized spacial score (nSPS) is 14.7. The fourth-order valence-electron chi connectivity index (χ4n) is 3.73. The van der Waals surface area contributed by atoms with Crippen molar-refractivity contribution < 1.29 is 9.53 Å². The molecule has 0 aromatic heterocycles. The number of ether oxygens (including phenoxy) is 1. The van der Waals surface area contributed by atoms with Gasteiger partial charge >= 0.3 is 0 Å². The Bertz CT molecular complexity index is 891. The van der Waals surface area contributed by atoms with E-state index in [-0.39, 0.29) is 18.5 Å². The minimum Gasteiger partial charge on any atom is -0.497 e. The summed E-state index contributed by atoms with van der Waals surface area (Å²) in [6.07, 6.45) is 2.52. The number of carbonyl (C=O) groups is 1. The topological polar surface area (TPSA) is 78.0 Å². The van der Waals surface area contributed by atoms with Crippen molar-refractivity contribution in [2.45, 2.75) is 39.3 Å². The Morgan fingerprint density at radius 2 is 1.88 bits per heavy atom. The van der Waals surface area contributed by atoms with Crippen molar-refractivity contribution in [3.63, 3.8) is 0 Å². The van der Waals surface area contributed by atoms with Crippen LogP contribution < -0.4 is 25.6 Å². The van der Waals surface area contributed by atoms with E-state index in [0.717, 1.165) is 30.9 Å². The van der Waals surface area contributed by atoms with Crippen molar-refractivity contribution in [1.29, 1.82) is 0 Å². The number of amides is 1. The van der Waals surface area contributed by atoms with Gasteiger partial charge in [-0.2, -0.15) is 0 Å². The minimum atomic E-state index is -0.123. The van der Waals surface area contributed by atoms with Crippen molar-refractivity contribution in [3.8, 4) is 5.75 Å². The SMILES string of the molecule is CCNC(=NCC(=O)NCc1ccc(OC)cc1)NC(C)c1cccc(N2CCCC2)c1. The fourth-order valence-corrected chi connectivity index (χ4v) is 3.73. The Balaban J connectivity index is 1.54. The third kappa shape index (κ3) is 6.90. The smallest absolute Gasteiger partial charge is 0.242 e.